The Balaban J connectivity index is 0.00000444. The molecule has 302 valence electrons. The Bertz CT molecular complexity index is 3660. The first-order chi connectivity index (χ1) is 30.5. The molecule has 12 rings (SSSR count). The molecule has 5 aromatic heterocycles. The van der Waals surface area contributed by atoms with Gasteiger partial charge in [0.25, 0.3) is 0 Å². The van der Waals surface area contributed by atoms with Crippen molar-refractivity contribution >= 4 is 54.6 Å². The first kappa shape index (κ1) is 38.5. The standard InChI is InChI=1S/C56H38N6.Pt/c1-56(2,39-13-5-3-6-14-39)40-29-32-58-52(35-40)62-49-26-24-37(36-27-30-57-31-28-36)33-47(49)44-25-23-38(34-51(44)62)42-18-12-22-50-54(42)60-55(61(50)41-15-7-4-8-16-41)46-20-11-19-45-43-17-9-10-21-48(43)59-53(45)46;/h3-33,35H,1-2H3;/q-2;+2. The predicted octanol–water partition coefficient (Wildman–Crippen LogP) is 13.3. The third-order valence-corrected chi connectivity index (χ3v) is 12.6. The zero-order valence-corrected chi connectivity index (χ0v) is 36.7. The maximum Gasteiger partial charge on any atom is 2.00 e. The van der Waals surface area contributed by atoms with Gasteiger partial charge in [0.2, 0.25) is 0 Å². The summed E-state index contributed by atoms with van der Waals surface area (Å²) in [5.41, 5.74) is 14.2. The Hall–Kier alpha value is -7.40. The molecule has 0 saturated carbocycles. The second-order valence-corrected chi connectivity index (χ2v) is 16.4. The Morgan fingerprint density at radius 3 is 2.13 bits per heavy atom. The number of fused-ring (bicyclic) bond motifs is 7. The van der Waals surface area contributed by atoms with Crippen LogP contribution in [0.5, 0.6) is 0 Å². The van der Waals surface area contributed by atoms with Crippen molar-refractivity contribution in [2.45, 2.75) is 19.3 Å². The molecule has 6 nitrogen and oxygen atoms in total. The van der Waals surface area contributed by atoms with Crippen LogP contribution >= 0.6 is 0 Å². The van der Waals surface area contributed by atoms with Gasteiger partial charge in [-0.3, -0.25) is 9.55 Å². The van der Waals surface area contributed by atoms with Crippen LogP contribution in [0.15, 0.2) is 195 Å². The normalized spacial score (nSPS) is 11.8. The molecule has 0 bridgehead atoms. The summed E-state index contributed by atoms with van der Waals surface area (Å²) in [6, 6.07) is 66.0. The van der Waals surface area contributed by atoms with E-state index in [9.17, 15) is 0 Å². The smallest absolute Gasteiger partial charge is 0.656 e. The fourth-order valence-corrected chi connectivity index (χ4v) is 9.33. The molecule has 0 unspecified atom stereocenters. The van der Waals surface area contributed by atoms with Gasteiger partial charge >= 0.3 is 21.1 Å². The summed E-state index contributed by atoms with van der Waals surface area (Å²) in [5, 5.41) is 4.48. The van der Waals surface area contributed by atoms with Crippen LogP contribution in [0.2, 0.25) is 0 Å². The average molecular weight is 990 g/mol. The van der Waals surface area contributed by atoms with Crippen LogP contribution in [0.25, 0.3) is 99.8 Å². The van der Waals surface area contributed by atoms with Crippen molar-refractivity contribution in [3.8, 4) is 45.1 Å². The van der Waals surface area contributed by atoms with Crippen molar-refractivity contribution in [2.75, 3.05) is 0 Å². The van der Waals surface area contributed by atoms with E-state index in [1.165, 1.54) is 11.1 Å². The van der Waals surface area contributed by atoms with Crippen molar-refractivity contribution in [1.82, 2.24) is 29.1 Å². The number of benzene rings is 7. The molecule has 7 aromatic carbocycles. The van der Waals surface area contributed by atoms with Crippen LogP contribution < -0.4 is 4.98 Å². The van der Waals surface area contributed by atoms with Crippen molar-refractivity contribution in [1.29, 1.82) is 0 Å². The zero-order chi connectivity index (χ0) is 41.4. The molecule has 7 heteroatoms. The molecule has 0 aliphatic heterocycles. The fraction of sp³-hybridized carbons (Fsp3) is 0.0536. The number of rotatable bonds is 7. The number of hydrogen-bond acceptors (Lipinski definition) is 3. The van der Waals surface area contributed by atoms with Crippen molar-refractivity contribution in [3.63, 3.8) is 0 Å². The molecule has 0 spiro atoms. The first-order valence-corrected chi connectivity index (χ1v) is 21.0. The van der Waals surface area contributed by atoms with E-state index in [1.807, 2.05) is 24.7 Å². The minimum Gasteiger partial charge on any atom is -0.656 e. The molecule has 12 aromatic rings. The van der Waals surface area contributed by atoms with Gasteiger partial charge in [-0.1, -0.05) is 140 Å². The molecule has 0 fully saturated rings. The van der Waals surface area contributed by atoms with Gasteiger partial charge in [0.05, 0.1) is 11.0 Å². The minimum absolute atomic E-state index is 0. The number of aromatic nitrogens is 6. The number of imidazole rings is 1. The van der Waals surface area contributed by atoms with E-state index in [0.717, 1.165) is 99.8 Å². The Labute approximate surface area is 378 Å². The molecular weight excluding hydrogens is 952 g/mol. The molecule has 0 amide bonds. The monoisotopic (exact) mass is 989 g/mol. The second-order valence-electron chi connectivity index (χ2n) is 16.4. The average Bonchev–Trinajstić information content (AvgIpc) is 4.02. The summed E-state index contributed by atoms with van der Waals surface area (Å²) < 4.78 is 4.54. The summed E-state index contributed by atoms with van der Waals surface area (Å²) in [4.78, 5) is 20.0. The first-order valence-electron chi connectivity index (χ1n) is 21.0. The van der Waals surface area contributed by atoms with Crippen LogP contribution in [0.1, 0.15) is 25.0 Å². The van der Waals surface area contributed by atoms with Crippen LogP contribution in [0.4, 0.5) is 0 Å². The maximum absolute atomic E-state index is 5.55. The SMILES string of the molecule is CC(C)(c1ccccc1)c1ccnc(-n2c3[c-]c(-c4cccc5c4nc(-c4cccc6c4[n-]c4ccccc46)n5-c4ccccc4)ccc3c3cc(-c4ccncc4)ccc32)c1.[Pt+2]. The van der Waals surface area contributed by atoms with E-state index in [-0.39, 0.29) is 26.5 Å². The summed E-state index contributed by atoms with van der Waals surface area (Å²) in [5.74, 6) is 1.68. The van der Waals surface area contributed by atoms with Crippen molar-refractivity contribution in [2.24, 2.45) is 0 Å². The van der Waals surface area contributed by atoms with E-state index in [1.54, 1.807) is 0 Å². The summed E-state index contributed by atoms with van der Waals surface area (Å²) in [6.07, 6.45) is 5.62. The number of hydrogen-bond donors (Lipinski definition) is 0. The van der Waals surface area contributed by atoms with E-state index in [0.29, 0.717) is 0 Å². The zero-order valence-electron chi connectivity index (χ0n) is 34.5. The fourth-order valence-electron chi connectivity index (χ4n) is 9.33. The van der Waals surface area contributed by atoms with Gasteiger partial charge in [0, 0.05) is 40.8 Å². The summed E-state index contributed by atoms with van der Waals surface area (Å²) in [7, 11) is 0. The number of nitrogens with zero attached hydrogens (tertiary/aromatic N) is 6. The molecule has 0 N–H and O–H groups in total. The van der Waals surface area contributed by atoms with Gasteiger partial charge in [-0.05, 0) is 92.5 Å². The third kappa shape index (κ3) is 6.24. The number of para-hydroxylation sites is 4. The van der Waals surface area contributed by atoms with Gasteiger partial charge in [0.1, 0.15) is 11.6 Å². The molecule has 0 atom stereocenters. The molecule has 63 heavy (non-hydrogen) atoms. The van der Waals surface area contributed by atoms with Gasteiger partial charge in [-0.25, -0.2) is 9.97 Å². The van der Waals surface area contributed by atoms with Crippen LogP contribution in [0.3, 0.4) is 0 Å². The molecule has 0 aliphatic rings. The topological polar surface area (TPSA) is 62.6 Å². The van der Waals surface area contributed by atoms with Gasteiger partial charge in [-0.2, -0.15) is 0 Å². The molecule has 0 radical (unpaired) electrons. The van der Waals surface area contributed by atoms with Gasteiger partial charge in [0.15, 0.2) is 0 Å². The molecule has 0 saturated heterocycles. The van der Waals surface area contributed by atoms with E-state index in [4.69, 9.17) is 15.0 Å². The Morgan fingerprint density at radius 1 is 0.540 bits per heavy atom. The summed E-state index contributed by atoms with van der Waals surface area (Å²) >= 11 is 0. The second kappa shape index (κ2) is 15.2. The Kier molecular flexibility index (Phi) is 9.29. The molecule has 5 heterocycles. The quantitative estimate of drug-likeness (QED) is 0.149. The largest absolute Gasteiger partial charge is 2.00 e. The van der Waals surface area contributed by atoms with E-state index >= 15 is 0 Å². The van der Waals surface area contributed by atoms with Crippen molar-refractivity contribution < 1.29 is 21.1 Å². The minimum atomic E-state index is -0.249. The van der Waals surface area contributed by atoms with E-state index < -0.39 is 0 Å². The van der Waals surface area contributed by atoms with Crippen molar-refractivity contribution in [3.05, 3.63) is 212 Å². The van der Waals surface area contributed by atoms with Gasteiger partial charge < -0.3 is 9.55 Å². The molecular formula is C56H38N6Pt. The summed E-state index contributed by atoms with van der Waals surface area (Å²) in [6.45, 7) is 4.55. The van der Waals surface area contributed by atoms with Crippen LogP contribution in [-0.4, -0.2) is 24.1 Å². The maximum atomic E-state index is 5.55. The number of pyridine rings is 2. The van der Waals surface area contributed by atoms with E-state index in [2.05, 4.69) is 204 Å². The van der Waals surface area contributed by atoms with Crippen LogP contribution in [0, 0.1) is 6.07 Å². The third-order valence-electron chi connectivity index (χ3n) is 12.6. The van der Waals surface area contributed by atoms with Gasteiger partial charge in [-0.15, -0.1) is 34.8 Å². The van der Waals surface area contributed by atoms with Crippen LogP contribution in [-0.2, 0) is 26.5 Å². The predicted molar refractivity (Wildman–Crippen MR) is 253 cm³/mol. The Morgan fingerprint density at radius 2 is 1.29 bits per heavy atom. The molecule has 0 aliphatic carbocycles.